The van der Waals surface area contributed by atoms with E-state index in [0.717, 1.165) is 12.8 Å². The molecule has 54 valence electrons. The molecule has 1 unspecified atom stereocenters. The summed E-state index contributed by atoms with van der Waals surface area (Å²) >= 11 is 22.3. The maximum Gasteiger partial charge on any atom is 0.206 e. The average molecular weight is 208 g/mol. The van der Waals surface area contributed by atoms with Crippen LogP contribution in [0.25, 0.3) is 0 Å². The molecule has 0 heterocycles. The average Bonchev–Trinajstić information content (AvgIpc) is 2.40. The fourth-order valence-corrected chi connectivity index (χ4v) is 1.44. The fraction of sp³-hybridized carbons (Fsp3) is 1.00. The van der Waals surface area contributed by atoms with Gasteiger partial charge in [0.25, 0.3) is 0 Å². The Morgan fingerprint density at radius 2 is 1.67 bits per heavy atom. The molecule has 0 N–H and O–H groups in total. The summed E-state index contributed by atoms with van der Waals surface area (Å²) in [6.07, 6.45) is 2.20. The lowest BCUT2D eigenvalue weighted by Crippen LogP contribution is -2.21. The highest BCUT2D eigenvalue weighted by Crippen LogP contribution is 2.46. The summed E-state index contributed by atoms with van der Waals surface area (Å²) in [6.45, 7) is 0. The van der Waals surface area contributed by atoms with E-state index >= 15 is 0 Å². The van der Waals surface area contributed by atoms with Gasteiger partial charge >= 0.3 is 0 Å². The predicted molar refractivity (Wildman–Crippen MR) is 42.7 cm³/mol. The van der Waals surface area contributed by atoms with Crippen molar-refractivity contribution in [2.24, 2.45) is 5.92 Å². The van der Waals surface area contributed by atoms with Gasteiger partial charge in [-0.1, -0.05) is 34.8 Å². The Balaban J connectivity index is 2.40. The zero-order chi connectivity index (χ0) is 7.07. The maximum atomic E-state index is 5.76. The van der Waals surface area contributed by atoms with E-state index in [1.54, 1.807) is 0 Å². The second kappa shape index (κ2) is 2.65. The van der Waals surface area contributed by atoms with Gasteiger partial charge in [0.15, 0.2) is 0 Å². The van der Waals surface area contributed by atoms with Crippen LogP contribution in [-0.4, -0.2) is 9.17 Å². The van der Waals surface area contributed by atoms with Crippen molar-refractivity contribution in [3.05, 3.63) is 0 Å². The zero-order valence-electron chi connectivity index (χ0n) is 4.58. The van der Waals surface area contributed by atoms with Crippen molar-refractivity contribution in [1.29, 1.82) is 0 Å². The quantitative estimate of drug-likeness (QED) is 0.579. The van der Waals surface area contributed by atoms with E-state index in [0.29, 0.717) is 5.92 Å². The summed E-state index contributed by atoms with van der Waals surface area (Å²) in [5.74, 6) is 0.430. The van der Waals surface area contributed by atoms with Crippen molar-refractivity contribution in [1.82, 2.24) is 0 Å². The molecule has 0 radical (unpaired) electrons. The standard InChI is InChI=1S/C5H6Cl4/c6-4(3-1-2-3)5(7,8)9/h3-4H,1-2H2. The van der Waals surface area contributed by atoms with Crippen LogP contribution < -0.4 is 0 Å². The molecule has 1 fully saturated rings. The molecule has 1 aliphatic carbocycles. The molecule has 0 bridgehead atoms. The van der Waals surface area contributed by atoms with Crippen LogP contribution in [0.1, 0.15) is 12.8 Å². The normalized spacial score (nSPS) is 24.0. The van der Waals surface area contributed by atoms with Crippen LogP contribution in [0.5, 0.6) is 0 Å². The number of alkyl halides is 4. The van der Waals surface area contributed by atoms with Crippen molar-refractivity contribution in [2.45, 2.75) is 22.0 Å². The molecule has 1 saturated carbocycles. The van der Waals surface area contributed by atoms with Gasteiger partial charge in [0.05, 0.1) is 5.38 Å². The lowest BCUT2D eigenvalue weighted by Gasteiger charge is -2.16. The van der Waals surface area contributed by atoms with Gasteiger partial charge in [-0.2, -0.15) is 0 Å². The maximum absolute atomic E-state index is 5.76. The minimum Gasteiger partial charge on any atom is -0.118 e. The summed E-state index contributed by atoms with van der Waals surface area (Å²) in [5, 5.41) is -0.303. The molecule has 0 aliphatic heterocycles. The smallest absolute Gasteiger partial charge is 0.118 e. The van der Waals surface area contributed by atoms with Gasteiger partial charge in [0, 0.05) is 0 Å². The van der Waals surface area contributed by atoms with E-state index in [-0.39, 0.29) is 5.38 Å². The van der Waals surface area contributed by atoms with Crippen molar-refractivity contribution < 1.29 is 0 Å². The molecule has 1 atom stereocenters. The molecule has 4 heteroatoms. The number of hydrogen-bond donors (Lipinski definition) is 0. The van der Waals surface area contributed by atoms with E-state index in [4.69, 9.17) is 46.4 Å². The molecule has 1 aliphatic rings. The predicted octanol–water partition coefficient (Wildman–Crippen LogP) is 3.37. The summed E-state index contributed by atoms with van der Waals surface area (Å²) in [6, 6.07) is 0. The highest BCUT2D eigenvalue weighted by Gasteiger charge is 2.42. The molecule has 9 heavy (non-hydrogen) atoms. The van der Waals surface area contributed by atoms with Crippen LogP contribution in [0.3, 0.4) is 0 Å². The van der Waals surface area contributed by atoms with Gasteiger partial charge in [-0.05, 0) is 18.8 Å². The fourth-order valence-electron chi connectivity index (χ4n) is 0.656. The van der Waals surface area contributed by atoms with E-state index in [9.17, 15) is 0 Å². The van der Waals surface area contributed by atoms with E-state index in [2.05, 4.69) is 0 Å². The topological polar surface area (TPSA) is 0 Å². The van der Waals surface area contributed by atoms with Gasteiger partial charge in [0.2, 0.25) is 3.79 Å². The Kier molecular flexibility index (Phi) is 2.44. The SMILES string of the molecule is ClC(C1CC1)C(Cl)(Cl)Cl. The Hall–Kier alpha value is 1.16. The molecule has 0 aromatic carbocycles. The highest BCUT2D eigenvalue weighted by molar-refractivity contribution is 6.70. The molecule has 0 spiro atoms. The van der Waals surface area contributed by atoms with Crippen LogP contribution in [0, 0.1) is 5.92 Å². The van der Waals surface area contributed by atoms with E-state index in [1.165, 1.54) is 0 Å². The summed E-state index contributed by atoms with van der Waals surface area (Å²) < 4.78 is -1.28. The molecular weight excluding hydrogens is 202 g/mol. The van der Waals surface area contributed by atoms with Gasteiger partial charge in [0.1, 0.15) is 0 Å². The van der Waals surface area contributed by atoms with Crippen LogP contribution >= 0.6 is 46.4 Å². The van der Waals surface area contributed by atoms with Crippen molar-refractivity contribution in [2.75, 3.05) is 0 Å². The third-order valence-electron chi connectivity index (χ3n) is 1.35. The van der Waals surface area contributed by atoms with Crippen molar-refractivity contribution in [3.8, 4) is 0 Å². The largest absolute Gasteiger partial charge is 0.206 e. The minimum atomic E-state index is -1.28. The first-order valence-electron chi connectivity index (χ1n) is 2.72. The van der Waals surface area contributed by atoms with Crippen LogP contribution in [0.4, 0.5) is 0 Å². The monoisotopic (exact) mass is 206 g/mol. The van der Waals surface area contributed by atoms with Gasteiger partial charge in [-0.3, -0.25) is 0 Å². The molecule has 0 amide bonds. The van der Waals surface area contributed by atoms with Gasteiger partial charge in [-0.15, -0.1) is 11.6 Å². The number of rotatable bonds is 1. The lowest BCUT2D eigenvalue weighted by atomic mass is 10.3. The number of halogens is 4. The Morgan fingerprint density at radius 1 is 1.22 bits per heavy atom. The Bertz CT molecular complexity index is 102. The first-order valence-corrected chi connectivity index (χ1v) is 4.29. The summed E-state index contributed by atoms with van der Waals surface area (Å²) in [5.41, 5.74) is 0. The van der Waals surface area contributed by atoms with Crippen LogP contribution in [0.15, 0.2) is 0 Å². The van der Waals surface area contributed by atoms with Crippen molar-refractivity contribution >= 4 is 46.4 Å². The molecule has 0 nitrogen and oxygen atoms in total. The first-order chi connectivity index (χ1) is 4.02. The number of hydrogen-bond acceptors (Lipinski definition) is 0. The van der Waals surface area contributed by atoms with Crippen LogP contribution in [-0.2, 0) is 0 Å². The summed E-state index contributed by atoms with van der Waals surface area (Å²) in [7, 11) is 0. The minimum absolute atomic E-state index is 0.303. The molecule has 1 rings (SSSR count). The van der Waals surface area contributed by atoms with Gasteiger partial charge < -0.3 is 0 Å². The summed E-state index contributed by atoms with van der Waals surface area (Å²) in [4.78, 5) is 0. The third kappa shape index (κ3) is 2.34. The van der Waals surface area contributed by atoms with E-state index in [1.807, 2.05) is 0 Å². The second-order valence-corrected chi connectivity index (χ2v) is 5.12. The zero-order valence-corrected chi connectivity index (χ0v) is 7.60. The van der Waals surface area contributed by atoms with Gasteiger partial charge in [-0.25, -0.2) is 0 Å². The first kappa shape index (κ1) is 8.26. The molecule has 0 aromatic heterocycles. The highest BCUT2D eigenvalue weighted by atomic mass is 35.6. The Labute approximate surface area is 74.4 Å². The third-order valence-corrected chi connectivity index (χ3v) is 3.07. The van der Waals surface area contributed by atoms with Crippen molar-refractivity contribution in [3.63, 3.8) is 0 Å². The molecule has 0 aromatic rings. The molecular formula is C5H6Cl4. The second-order valence-electron chi connectivity index (χ2n) is 2.28. The van der Waals surface area contributed by atoms with E-state index < -0.39 is 3.79 Å². The van der Waals surface area contributed by atoms with Crippen LogP contribution in [0.2, 0.25) is 0 Å². The Morgan fingerprint density at radius 3 is 1.78 bits per heavy atom. The molecule has 0 saturated heterocycles. The lowest BCUT2D eigenvalue weighted by molar-refractivity contribution is 0.758.